The van der Waals surface area contributed by atoms with Crippen molar-refractivity contribution in [3.8, 4) is 0 Å². The fourth-order valence-electron chi connectivity index (χ4n) is 1.23. The van der Waals surface area contributed by atoms with Crippen LogP contribution in [0.2, 0.25) is 0 Å². The van der Waals surface area contributed by atoms with Gasteiger partial charge in [0.25, 0.3) is 0 Å². The van der Waals surface area contributed by atoms with Gasteiger partial charge in [-0.15, -0.1) is 0 Å². The first-order valence-electron chi connectivity index (χ1n) is 4.70. The van der Waals surface area contributed by atoms with Crippen molar-refractivity contribution in [3.63, 3.8) is 0 Å². The Morgan fingerprint density at radius 1 is 1.43 bits per heavy atom. The van der Waals surface area contributed by atoms with Gasteiger partial charge >= 0.3 is 0 Å². The van der Waals surface area contributed by atoms with E-state index in [1.165, 1.54) is 5.56 Å². The normalized spacial score (nSPS) is 14.6. The Balaban J connectivity index is 2.43. The van der Waals surface area contributed by atoms with Gasteiger partial charge in [-0.1, -0.05) is 30.3 Å². The van der Waals surface area contributed by atoms with Crippen LogP contribution in [0.5, 0.6) is 0 Å². The highest BCUT2D eigenvalue weighted by molar-refractivity contribution is 7.98. The second kappa shape index (κ2) is 5.96. The number of hydrogen-bond acceptors (Lipinski definition) is 1. The van der Waals surface area contributed by atoms with Crippen LogP contribution >= 0.6 is 11.4 Å². The third-order valence-electron chi connectivity index (χ3n) is 2.01. The van der Waals surface area contributed by atoms with Crippen molar-refractivity contribution in [3.05, 3.63) is 35.9 Å². The highest BCUT2D eigenvalue weighted by Gasteiger charge is 2.02. The van der Waals surface area contributed by atoms with Gasteiger partial charge in [0.2, 0.25) is 0 Å². The molecule has 0 fully saturated rings. The Bertz CT molecular complexity index is 293. The van der Waals surface area contributed by atoms with Crippen molar-refractivity contribution in [1.29, 1.82) is 0 Å². The van der Waals surface area contributed by atoms with E-state index in [-0.39, 0.29) is 6.04 Å². The summed E-state index contributed by atoms with van der Waals surface area (Å²) < 4.78 is 0. The van der Waals surface area contributed by atoms with Crippen LogP contribution in [0, 0.1) is 0 Å². The SMILES string of the molecule is CC(O)=[SH]CC[C@H](N)c1ccccc1. The third kappa shape index (κ3) is 4.05. The van der Waals surface area contributed by atoms with E-state index in [2.05, 4.69) is 0 Å². The molecular formula is C11H17NOS. The van der Waals surface area contributed by atoms with Gasteiger partial charge < -0.3 is 10.8 Å². The zero-order chi connectivity index (χ0) is 10.4. The molecular weight excluding hydrogens is 194 g/mol. The highest BCUT2D eigenvalue weighted by Crippen LogP contribution is 2.14. The van der Waals surface area contributed by atoms with Crippen molar-refractivity contribution < 1.29 is 5.11 Å². The molecule has 0 aliphatic carbocycles. The number of benzene rings is 1. The molecule has 1 atom stereocenters. The predicted octanol–water partition coefficient (Wildman–Crippen LogP) is 2.25. The maximum Gasteiger partial charge on any atom is 0.0663 e. The summed E-state index contributed by atoms with van der Waals surface area (Å²) in [6.45, 7) is 1.72. The molecule has 78 valence electrons. The van der Waals surface area contributed by atoms with Gasteiger partial charge in [0.15, 0.2) is 0 Å². The lowest BCUT2D eigenvalue weighted by Gasteiger charge is -2.10. The highest BCUT2D eigenvalue weighted by atomic mass is 32.1. The Morgan fingerprint density at radius 3 is 2.64 bits per heavy atom. The van der Waals surface area contributed by atoms with E-state index in [4.69, 9.17) is 10.8 Å². The van der Waals surface area contributed by atoms with Crippen LogP contribution in [0.4, 0.5) is 0 Å². The lowest BCUT2D eigenvalue weighted by molar-refractivity contribution is 0.564. The summed E-state index contributed by atoms with van der Waals surface area (Å²) >= 11 is 0.983. The zero-order valence-electron chi connectivity index (χ0n) is 8.35. The second-order valence-corrected chi connectivity index (χ2v) is 4.65. The molecule has 0 unspecified atom stereocenters. The standard InChI is InChI=1S/C11H17NOS/c1-9(13)14-8-7-11(12)10-5-3-2-4-6-10/h2-6,11,13-14H,7-8,12H2,1H3/t11-/m0/s1. The van der Waals surface area contributed by atoms with Crippen LogP contribution < -0.4 is 5.73 Å². The summed E-state index contributed by atoms with van der Waals surface area (Å²) in [7, 11) is 0. The first-order valence-corrected chi connectivity index (χ1v) is 5.78. The fraction of sp³-hybridized carbons (Fsp3) is 0.364. The molecule has 1 aromatic rings. The molecule has 0 amide bonds. The minimum atomic E-state index is 0.0862. The Labute approximate surface area is 88.7 Å². The van der Waals surface area contributed by atoms with E-state index in [9.17, 15) is 0 Å². The molecule has 3 N–H and O–H groups in total. The van der Waals surface area contributed by atoms with E-state index < -0.39 is 0 Å². The van der Waals surface area contributed by atoms with Crippen molar-refractivity contribution >= 4 is 16.4 Å². The molecule has 0 heterocycles. The van der Waals surface area contributed by atoms with Crippen LogP contribution in [0.25, 0.3) is 0 Å². The molecule has 0 aliphatic rings. The smallest absolute Gasteiger partial charge is 0.0663 e. The molecule has 0 spiro atoms. The largest absolute Gasteiger partial charge is 0.360 e. The summed E-state index contributed by atoms with van der Waals surface area (Å²) in [6.07, 6.45) is 0.906. The molecule has 1 rings (SSSR count). The van der Waals surface area contributed by atoms with E-state index in [1.54, 1.807) is 6.92 Å². The molecule has 3 heteroatoms. The lowest BCUT2D eigenvalue weighted by Crippen LogP contribution is -2.10. The number of rotatable bonds is 4. The van der Waals surface area contributed by atoms with Crippen molar-refractivity contribution in [1.82, 2.24) is 0 Å². The summed E-state index contributed by atoms with van der Waals surface area (Å²) in [6, 6.07) is 10.1. The number of aliphatic hydroxyl groups excluding tert-OH is 1. The quantitative estimate of drug-likeness (QED) is 0.528. The van der Waals surface area contributed by atoms with Crippen LogP contribution in [-0.2, 0) is 0 Å². The van der Waals surface area contributed by atoms with Crippen molar-refractivity contribution in [2.45, 2.75) is 19.4 Å². The molecule has 0 saturated heterocycles. The molecule has 2 nitrogen and oxygen atoms in total. The van der Waals surface area contributed by atoms with E-state index >= 15 is 0 Å². The topological polar surface area (TPSA) is 46.2 Å². The second-order valence-electron chi connectivity index (χ2n) is 3.23. The minimum absolute atomic E-state index is 0.0862. The van der Waals surface area contributed by atoms with E-state index in [0.29, 0.717) is 5.05 Å². The molecule has 0 aromatic heterocycles. The van der Waals surface area contributed by atoms with Gasteiger partial charge in [0.05, 0.1) is 5.05 Å². The first kappa shape index (κ1) is 11.4. The molecule has 0 radical (unpaired) electrons. The van der Waals surface area contributed by atoms with E-state index in [1.807, 2.05) is 30.3 Å². The fourth-order valence-corrected chi connectivity index (χ4v) is 1.96. The zero-order valence-corrected chi connectivity index (χ0v) is 9.24. The molecule has 0 bridgehead atoms. The van der Waals surface area contributed by atoms with Gasteiger partial charge in [0.1, 0.15) is 0 Å². The van der Waals surface area contributed by atoms with E-state index in [0.717, 1.165) is 23.5 Å². The van der Waals surface area contributed by atoms with Crippen LogP contribution in [0.15, 0.2) is 30.3 Å². The van der Waals surface area contributed by atoms with Crippen LogP contribution in [0.1, 0.15) is 24.9 Å². The summed E-state index contributed by atoms with van der Waals surface area (Å²) in [4.78, 5) is 0. The monoisotopic (exact) mass is 211 g/mol. The number of aliphatic hydroxyl groups is 1. The molecule has 0 saturated carbocycles. The van der Waals surface area contributed by atoms with Crippen molar-refractivity contribution in [2.24, 2.45) is 5.73 Å². The van der Waals surface area contributed by atoms with Gasteiger partial charge in [-0.3, -0.25) is 0 Å². The molecule has 1 aromatic carbocycles. The van der Waals surface area contributed by atoms with Gasteiger partial charge in [-0.25, -0.2) is 0 Å². The van der Waals surface area contributed by atoms with Crippen LogP contribution in [0.3, 0.4) is 0 Å². The maximum atomic E-state index is 9.00. The Morgan fingerprint density at radius 2 is 2.07 bits per heavy atom. The third-order valence-corrected chi connectivity index (χ3v) is 2.95. The summed E-state index contributed by atoms with van der Waals surface area (Å²) in [5.41, 5.74) is 7.15. The average Bonchev–Trinajstić information content (AvgIpc) is 2.18. The molecule has 14 heavy (non-hydrogen) atoms. The molecule has 0 aliphatic heterocycles. The minimum Gasteiger partial charge on any atom is -0.360 e. The van der Waals surface area contributed by atoms with Gasteiger partial charge in [-0.2, -0.15) is 11.4 Å². The number of thiol groups is 1. The van der Waals surface area contributed by atoms with Crippen LogP contribution in [-0.4, -0.2) is 15.9 Å². The number of nitrogens with two attached hydrogens (primary N) is 1. The van der Waals surface area contributed by atoms with Gasteiger partial charge in [0, 0.05) is 6.04 Å². The van der Waals surface area contributed by atoms with Crippen molar-refractivity contribution in [2.75, 3.05) is 5.75 Å². The average molecular weight is 211 g/mol. The number of hydrogen-bond donors (Lipinski definition) is 3. The predicted molar refractivity (Wildman–Crippen MR) is 65.2 cm³/mol. The Kier molecular flexibility index (Phi) is 4.87. The first-order chi connectivity index (χ1) is 6.70. The lowest BCUT2D eigenvalue weighted by atomic mass is 10.1. The summed E-state index contributed by atoms with van der Waals surface area (Å²) in [5, 5.41) is 9.46. The maximum absolute atomic E-state index is 9.00. The van der Waals surface area contributed by atoms with Gasteiger partial charge in [-0.05, 0) is 24.7 Å². The Hall–Kier alpha value is -0.640. The summed E-state index contributed by atoms with van der Waals surface area (Å²) in [5.74, 6) is 0.915.